The monoisotopic (exact) mass is 483 g/mol. The van der Waals surface area contributed by atoms with Gasteiger partial charge in [-0.05, 0) is 49.4 Å². The first-order valence-corrected chi connectivity index (χ1v) is 13.5. The van der Waals surface area contributed by atoms with Crippen LogP contribution in [0.25, 0.3) is 0 Å². The maximum atomic E-state index is 13.7. The molecule has 2 heterocycles. The first kappa shape index (κ1) is 24.4. The van der Waals surface area contributed by atoms with E-state index in [-0.39, 0.29) is 16.7 Å². The van der Waals surface area contributed by atoms with Crippen molar-refractivity contribution in [2.45, 2.75) is 55.8 Å². The number of carbonyl (C=O) groups excluding carboxylic acids is 2. The summed E-state index contributed by atoms with van der Waals surface area (Å²) in [6.07, 6.45) is 4.84. The fourth-order valence-corrected chi connectivity index (χ4v) is 6.59. The molecule has 7 nitrogen and oxygen atoms in total. The van der Waals surface area contributed by atoms with Crippen molar-refractivity contribution in [3.8, 4) is 0 Å². The molecule has 2 aromatic rings. The van der Waals surface area contributed by atoms with Gasteiger partial charge in [-0.1, -0.05) is 49.2 Å². The molecule has 0 bridgehead atoms. The quantitative estimate of drug-likeness (QED) is 0.701. The highest BCUT2D eigenvalue weighted by molar-refractivity contribution is 7.89. The maximum absolute atomic E-state index is 13.7. The molecular formula is C26H33N3O4S. The van der Waals surface area contributed by atoms with Crippen molar-refractivity contribution >= 4 is 27.5 Å². The van der Waals surface area contributed by atoms with E-state index < -0.39 is 15.4 Å². The van der Waals surface area contributed by atoms with Gasteiger partial charge in [0.2, 0.25) is 21.8 Å². The van der Waals surface area contributed by atoms with Crippen LogP contribution in [0.5, 0.6) is 0 Å². The molecule has 0 aliphatic carbocycles. The number of rotatable bonds is 5. The zero-order valence-electron chi connectivity index (χ0n) is 19.7. The Morgan fingerprint density at radius 3 is 2.12 bits per heavy atom. The van der Waals surface area contributed by atoms with Crippen LogP contribution < -0.4 is 5.32 Å². The predicted octanol–water partition coefficient (Wildman–Crippen LogP) is 3.77. The van der Waals surface area contributed by atoms with E-state index in [2.05, 4.69) is 5.32 Å². The third kappa shape index (κ3) is 5.03. The lowest BCUT2D eigenvalue weighted by molar-refractivity contribution is -0.133. The minimum Gasteiger partial charge on any atom is -0.343 e. The number of carbonyl (C=O) groups is 2. The number of piperidine rings is 1. The summed E-state index contributed by atoms with van der Waals surface area (Å²) >= 11 is 0. The van der Waals surface area contributed by atoms with Gasteiger partial charge in [-0.15, -0.1) is 0 Å². The summed E-state index contributed by atoms with van der Waals surface area (Å²) in [4.78, 5) is 27.5. The molecular weight excluding hydrogens is 450 g/mol. The lowest BCUT2D eigenvalue weighted by Crippen LogP contribution is -2.50. The number of likely N-dealkylation sites (tertiary alicyclic amines) is 1. The van der Waals surface area contributed by atoms with E-state index in [9.17, 15) is 18.0 Å². The molecule has 0 aromatic heterocycles. The third-order valence-corrected chi connectivity index (χ3v) is 9.01. The number of hydrogen-bond acceptors (Lipinski definition) is 4. The summed E-state index contributed by atoms with van der Waals surface area (Å²) in [5, 5.41) is 3.00. The number of hydrogen-bond donors (Lipinski definition) is 1. The second-order valence-electron chi connectivity index (χ2n) is 9.25. The van der Waals surface area contributed by atoms with Crippen molar-refractivity contribution in [2.24, 2.45) is 0 Å². The standard InChI is InChI=1S/C26H33N3O4S/c1-21(30)28-18-14-26(15-19-28,22-10-5-4-6-11-22)25(31)27-23-12-9-13-24(20-23)34(32,33)29-16-7-2-3-8-17-29/h4-6,9-13,20H,2-3,7-8,14-19H2,1H3,(H,27,31). The van der Waals surface area contributed by atoms with Crippen LogP contribution in [0, 0.1) is 0 Å². The summed E-state index contributed by atoms with van der Waals surface area (Å²) in [7, 11) is -3.61. The van der Waals surface area contributed by atoms with Crippen LogP contribution in [0.1, 0.15) is 51.0 Å². The van der Waals surface area contributed by atoms with Crippen LogP contribution in [0.3, 0.4) is 0 Å². The molecule has 4 rings (SSSR count). The Kier molecular flexibility index (Phi) is 7.38. The number of anilines is 1. The molecule has 2 aliphatic heterocycles. The summed E-state index contributed by atoms with van der Waals surface area (Å²) in [6.45, 7) is 3.61. The minimum atomic E-state index is -3.61. The summed E-state index contributed by atoms with van der Waals surface area (Å²) in [5.74, 6) is -0.167. The number of amides is 2. The number of sulfonamides is 1. The topological polar surface area (TPSA) is 86.8 Å². The van der Waals surface area contributed by atoms with Crippen molar-refractivity contribution in [1.29, 1.82) is 0 Å². The number of nitrogens with one attached hydrogen (secondary N) is 1. The second kappa shape index (κ2) is 10.3. The maximum Gasteiger partial charge on any atom is 0.243 e. The normalized spacial score (nSPS) is 19.3. The van der Waals surface area contributed by atoms with Gasteiger partial charge >= 0.3 is 0 Å². The molecule has 34 heavy (non-hydrogen) atoms. The van der Waals surface area contributed by atoms with Gasteiger partial charge in [0.15, 0.2) is 0 Å². The van der Waals surface area contributed by atoms with Crippen LogP contribution in [0.15, 0.2) is 59.5 Å². The molecule has 0 atom stereocenters. The Bertz CT molecular complexity index is 1120. The fourth-order valence-electron chi connectivity index (χ4n) is 5.02. The molecule has 0 spiro atoms. The largest absolute Gasteiger partial charge is 0.343 e. The third-order valence-electron chi connectivity index (χ3n) is 7.12. The summed E-state index contributed by atoms with van der Waals surface area (Å²) in [5.41, 5.74) is 0.585. The van der Waals surface area contributed by atoms with E-state index in [1.807, 2.05) is 30.3 Å². The van der Waals surface area contributed by atoms with E-state index in [0.717, 1.165) is 31.2 Å². The summed E-state index contributed by atoms with van der Waals surface area (Å²) < 4.78 is 28.0. The average Bonchev–Trinajstić information content (AvgIpc) is 3.15. The van der Waals surface area contributed by atoms with Gasteiger partial charge in [-0.25, -0.2) is 8.42 Å². The van der Waals surface area contributed by atoms with Crippen LogP contribution in [0.2, 0.25) is 0 Å². The highest BCUT2D eigenvalue weighted by Gasteiger charge is 2.43. The highest BCUT2D eigenvalue weighted by Crippen LogP contribution is 2.37. The van der Waals surface area contributed by atoms with Crippen molar-refractivity contribution in [1.82, 2.24) is 9.21 Å². The van der Waals surface area contributed by atoms with E-state index in [1.54, 1.807) is 40.4 Å². The minimum absolute atomic E-state index is 0.00786. The van der Waals surface area contributed by atoms with Gasteiger partial charge in [0.05, 0.1) is 10.3 Å². The molecule has 2 saturated heterocycles. The highest BCUT2D eigenvalue weighted by atomic mass is 32.2. The molecule has 182 valence electrons. The van der Waals surface area contributed by atoms with Crippen molar-refractivity contribution in [3.63, 3.8) is 0 Å². The Balaban J connectivity index is 1.58. The molecule has 1 N–H and O–H groups in total. The molecule has 2 aromatic carbocycles. The second-order valence-corrected chi connectivity index (χ2v) is 11.2. The zero-order valence-corrected chi connectivity index (χ0v) is 20.5. The number of benzene rings is 2. The molecule has 2 aliphatic rings. The Morgan fingerprint density at radius 2 is 1.50 bits per heavy atom. The van der Waals surface area contributed by atoms with Crippen molar-refractivity contribution in [3.05, 3.63) is 60.2 Å². The molecule has 0 saturated carbocycles. The van der Waals surface area contributed by atoms with Gasteiger partial charge in [0.25, 0.3) is 0 Å². The Hall–Kier alpha value is -2.71. The SMILES string of the molecule is CC(=O)N1CCC(C(=O)Nc2cccc(S(=O)(=O)N3CCCCCC3)c2)(c2ccccc2)CC1. The first-order valence-electron chi connectivity index (χ1n) is 12.1. The van der Waals surface area contributed by atoms with Crippen LogP contribution in [-0.2, 0) is 25.0 Å². The molecule has 2 fully saturated rings. The van der Waals surface area contributed by atoms with E-state index >= 15 is 0 Å². The molecule has 0 radical (unpaired) electrons. The van der Waals surface area contributed by atoms with Gasteiger partial charge in [0.1, 0.15) is 0 Å². The first-order chi connectivity index (χ1) is 16.3. The van der Waals surface area contributed by atoms with Crippen LogP contribution >= 0.6 is 0 Å². The van der Waals surface area contributed by atoms with Gasteiger partial charge in [-0.3, -0.25) is 9.59 Å². The van der Waals surface area contributed by atoms with Crippen LogP contribution in [-0.4, -0.2) is 55.6 Å². The summed E-state index contributed by atoms with van der Waals surface area (Å²) in [6, 6.07) is 16.2. The molecule has 8 heteroatoms. The number of nitrogens with zero attached hydrogens (tertiary/aromatic N) is 2. The zero-order chi connectivity index (χ0) is 24.2. The van der Waals surface area contributed by atoms with E-state index in [0.29, 0.717) is 44.7 Å². The van der Waals surface area contributed by atoms with Crippen LogP contribution in [0.4, 0.5) is 5.69 Å². The van der Waals surface area contributed by atoms with Crippen molar-refractivity contribution < 1.29 is 18.0 Å². The van der Waals surface area contributed by atoms with Gasteiger partial charge in [0, 0.05) is 38.8 Å². The lowest BCUT2D eigenvalue weighted by Gasteiger charge is -2.40. The molecule has 2 amide bonds. The van der Waals surface area contributed by atoms with Gasteiger partial charge in [-0.2, -0.15) is 4.31 Å². The average molecular weight is 484 g/mol. The smallest absolute Gasteiger partial charge is 0.243 e. The molecule has 0 unspecified atom stereocenters. The van der Waals surface area contributed by atoms with Gasteiger partial charge < -0.3 is 10.2 Å². The Morgan fingerprint density at radius 1 is 0.853 bits per heavy atom. The Labute approximate surface area is 202 Å². The van der Waals surface area contributed by atoms with Crippen molar-refractivity contribution in [2.75, 3.05) is 31.5 Å². The fraction of sp³-hybridized carbons (Fsp3) is 0.462. The predicted molar refractivity (Wildman–Crippen MR) is 132 cm³/mol. The van der Waals surface area contributed by atoms with E-state index in [4.69, 9.17) is 0 Å². The lowest BCUT2D eigenvalue weighted by atomic mass is 9.72. The van der Waals surface area contributed by atoms with E-state index in [1.165, 1.54) is 0 Å².